The number of fused-ring (bicyclic) bond motifs is 1. The summed E-state index contributed by atoms with van der Waals surface area (Å²) in [4.78, 5) is 26.9. The Morgan fingerprint density at radius 2 is 2.04 bits per heavy atom. The van der Waals surface area contributed by atoms with Gasteiger partial charge in [-0.2, -0.15) is 5.26 Å². The normalized spacial score (nSPS) is 22.5. The van der Waals surface area contributed by atoms with Gasteiger partial charge in [0.25, 0.3) is 5.91 Å². The Balaban J connectivity index is 1.75. The highest BCUT2D eigenvalue weighted by Crippen LogP contribution is 2.31. The molecule has 2 amide bonds. The summed E-state index contributed by atoms with van der Waals surface area (Å²) >= 11 is 0. The van der Waals surface area contributed by atoms with Gasteiger partial charge in [-0.15, -0.1) is 0 Å². The average Bonchev–Trinajstić information content (AvgIpc) is 2.90. The number of benzene rings is 1. The molecule has 6 heteroatoms. The molecule has 1 N–H and O–H groups in total. The summed E-state index contributed by atoms with van der Waals surface area (Å²) in [5, 5.41) is 12.0. The summed E-state index contributed by atoms with van der Waals surface area (Å²) in [6.07, 6.45) is 3.29. The van der Waals surface area contributed by atoms with Crippen LogP contribution in [-0.2, 0) is 11.3 Å². The zero-order valence-corrected chi connectivity index (χ0v) is 15.5. The van der Waals surface area contributed by atoms with Gasteiger partial charge in [0.2, 0.25) is 0 Å². The molecule has 0 saturated heterocycles. The lowest BCUT2D eigenvalue weighted by molar-refractivity contribution is 0.0393. The Morgan fingerprint density at radius 1 is 1.31 bits per heavy atom. The van der Waals surface area contributed by atoms with Crippen molar-refractivity contribution < 1.29 is 14.3 Å². The topological polar surface area (TPSA) is 82.4 Å². The van der Waals surface area contributed by atoms with Crippen LogP contribution in [0, 0.1) is 11.3 Å². The van der Waals surface area contributed by atoms with E-state index in [9.17, 15) is 9.59 Å². The smallest absolute Gasteiger partial charge is 0.407 e. The Bertz CT molecular complexity index is 761. The van der Waals surface area contributed by atoms with Crippen molar-refractivity contribution in [2.75, 3.05) is 0 Å². The molecule has 1 aliphatic heterocycles. The third-order valence-electron chi connectivity index (χ3n) is 4.90. The van der Waals surface area contributed by atoms with Gasteiger partial charge in [0.05, 0.1) is 23.7 Å². The van der Waals surface area contributed by atoms with E-state index >= 15 is 0 Å². The van der Waals surface area contributed by atoms with Gasteiger partial charge in [-0.25, -0.2) is 4.79 Å². The molecular weight excluding hydrogens is 330 g/mol. The van der Waals surface area contributed by atoms with E-state index in [-0.39, 0.29) is 18.0 Å². The standard InChI is InChI=1S/C20H25N3O3/c1-20(2,3)26-19(25)22-16-6-4-5-7-17(16)23-12-14-9-8-13(11-21)10-15(14)18(23)24/h8-10,16-17H,4-7,12H2,1-3H3,(H,22,25)/t16-,17+/m0/s1. The van der Waals surface area contributed by atoms with E-state index < -0.39 is 11.7 Å². The van der Waals surface area contributed by atoms with Gasteiger partial charge in [-0.05, 0) is 51.3 Å². The van der Waals surface area contributed by atoms with E-state index in [1.807, 2.05) is 31.7 Å². The molecule has 1 fully saturated rings. The Morgan fingerprint density at radius 3 is 2.73 bits per heavy atom. The zero-order valence-electron chi connectivity index (χ0n) is 15.5. The monoisotopic (exact) mass is 355 g/mol. The molecule has 26 heavy (non-hydrogen) atoms. The highest BCUT2D eigenvalue weighted by Gasteiger charge is 2.39. The van der Waals surface area contributed by atoms with Crippen LogP contribution in [0.2, 0.25) is 0 Å². The minimum Gasteiger partial charge on any atom is -0.444 e. The molecule has 0 aromatic heterocycles. The van der Waals surface area contributed by atoms with Crippen molar-refractivity contribution in [3.05, 3.63) is 34.9 Å². The summed E-state index contributed by atoms with van der Waals surface area (Å²) in [7, 11) is 0. The second-order valence-corrected chi connectivity index (χ2v) is 8.02. The fourth-order valence-corrected chi connectivity index (χ4v) is 3.77. The number of hydrogen-bond acceptors (Lipinski definition) is 4. The van der Waals surface area contributed by atoms with Crippen LogP contribution in [0.1, 0.15) is 67.9 Å². The maximum absolute atomic E-state index is 12.9. The van der Waals surface area contributed by atoms with Crippen LogP contribution in [0.3, 0.4) is 0 Å². The second-order valence-electron chi connectivity index (χ2n) is 8.02. The molecule has 1 aromatic rings. The number of amides is 2. The summed E-state index contributed by atoms with van der Waals surface area (Å²) in [6.45, 7) is 6.02. The van der Waals surface area contributed by atoms with Crippen molar-refractivity contribution in [1.29, 1.82) is 5.26 Å². The third kappa shape index (κ3) is 3.82. The molecule has 0 spiro atoms. The number of ether oxygens (including phenoxy) is 1. The van der Waals surface area contributed by atoms with Gasteiger partial charge in [-0.3, -0.25) is 4.79 Å². The molecule has 1 aliphatic carbocycles. The van der Waals surface area contributed by atoms with E-state index in [4.69, 9.17) is 10.00 Å². The van der Waals surface area contributed by atoms with Crippen LogP contribution in [0.5, 0.6) is 0 Å². The van der Waals surface area contributed by atoms with Gasteiger partial charge >= 0.3 is 6.09 Å². The summed E-state index contributed by atoms with van der Waals surface area (Å²) in [5.74, 6) is -0.0556. The highest BCUT2D eigenvalue weighted by atomic mass is 16.6. The quantitative estimate of drug-likeness (QED) is 0.882. The molecule has 1 saturated carbocycles. The Kier molecular flexibility index (Phi) is 4.90. The van der Waals surface area contributed by atoms with Gasteiger partial charge in [0.15, 0.2) is 0 Å². The first-order valence-electron chi connectivity index (χ1n) is 9.12. The van der Waals surface area contributed by atoms with Gasteiger partial charge < -0.3 is 15.0 Å². The van der Waals surface area contributed by atoms with E-state index in [2.05, 4.69) is 11.4 Å². The van der Waals surface area contributed by atoms with Crippen molar-refractivity contribution in [2.45, 2.75) is 70.7 Å². The maximum atomic E-state index is 12.9. The Labute approximate surface area is 154 Å². The largest absolute Gasteiger partial charge is 0.444 e. The fraction of sp³-hybridized carbons (Fsp3) is 0.550. The number of nitrogens with one attached hydrogen (secondary N) is 1. The fourth-order valence-electron chi connectivity index (χ4n) is 3.77. The second kappa shape index (κ2) is 6.99. The van der Waals surface area contributed by atoms with Gasteiger partial charge in [0.1, 0.15) is 5.60 Å². The minimum absolute atomic E-state index is 0.0540. The first-order chi connectivity index (χ1) is 12.3. The summed E-state index contributed by atoms with van der Waals surface area (Å²) in [6, 6.07) is 7.17. The van der Waals surface area contributed by atoms with Crippen LogP contribution >= 0.6 is 0 Å². The van der Waals surface area contributed by atoms with Crippen LogP contribution in [-0.4, -0.2) is 34.6 Å². The predicted molar refractivity (Wildman–Crippen MR) is 96.4 cm³/mol. The van der Waals surface area contributed by atoms with Crippen molar-refractivity contribution in [1.82, 2.24) is 10.2 Å². The molecule has 2 aliphatic rings. The van der Waals surface area contributed by atoms with Crippen LogP contribution in [0.25, 0.3) is 0 Å². The predicted octanol–water partition coefficient (Wildman–Crippen LogP) is 3.35. The van der Waals surface area contributed by atoms with Crippen molar-refractivity contribution in [2.24, 2.45) is 0 Å². The average molecular weight is 355 g/mol. The molecular formula is C20H25N3O3. The van der Waals surface area contributed by atoms with E-state index in [1.165, 1.54) is 0 Å². The number of carbonyl (C=O) groups is 2. The van der Waals surface area contributed by atoms with Crippen molar-refractivity contribution in [3.8, 4) is 6.07 Å². The zero-order chi connectivity index (χ0) is 18.9. The summed E-state index contributed by atoms with van der Waals surface area (Å²) < 4.78 is 5.38. The molecule has 138 valence electrons. The van der Waals surface area contributed by atoms with E-state index in [0.717, 1.165) is 31.2 Å². The molecule has 0 unspecified atom stereocenters. The van der Waals surface area contributed by atoms with Crippen molar-refractivity contribution >= 4 is 12.0 Å². The highest BCUT2D eigenvalue weighted by molar-refractivity contribution is 5.99. The summed E-state index contributed by atoms with van der Waals surface area (Å²) in [5.41, 5.74) is 1.48. The number of nitriles is 1. The molecule has 1 heterocycles. The number of nitrogens with zero attached hydrogens (tertiary/aromatic N) is 2. The van der Waals surface area contributed by atoms with Crippen molar-refractivity contribution in [3.63, 3.8) is 0 Å². The Hall–Kier alpha value is -2.55. The third-order valence-corrected chi connectivity index (χ3v) is 4.90. The molecule has 2 atom stereocenters. The van der Waals surface area contributed by atoms with Gasteiger partial charge in [0, 0.05) is 12.1 Å². The molecule has 6 nitrogen and oxygen atoms in total. The molecule has 3 rings (SSSR count). The SMILES string of the molecule is CC(C)(C)OC(=O)N[C@H]1CCCC[C@H]1N1Cc2ccc(C#N)cc2C1=O. The lowest BCUT2D eigenvalue weighted by Crippen LogP contribution is -2.54. The number of alkyl carbamates (subject to hydrolysis) is 1. The van der Waals surface area contributed by atoms with E-state index in [1.54, 1.807) is 12.1 Å². The van der Waals surface area contributed by atoms with Crippen LogP contribution in [0.4, 0.5) is 4.79 Å². The van der Waals surface area contributed by atoms with E-state index in [0.29, 0.717) is 17.7 Å². The maximum Gasteiger partial charge on any atom is 0.407 e. The van der Waals surface area contributed by atoms with Crippen LogP contribution in [0.15, 0.2) is 18.2 Å². The number of hydrogen-bond donors (Lipinski definition) is 1. The number of rotatable bonds is 2. The van der Waals surface area contributed by atoms with Crippen LogP contribution < -0.4 is 5.32 Å². The number of carbonyl (C=O) groups excluding carboxylic acids is 2. The molecule has 0 radical (unpaired) electrons. The first-order valence-corrected chi connectivity index (χ1v) is 9.12. The molecule has 0 bridgehead atoms. The first kappa shape index (κ1) is 18.2. The lowest BCUT2D eigenvalue weighted by atomic mass is 9.89. The molecule has 1 aromatic carbocycles. The lowest BCUT2D eigenvalue weighted by Gasteiger charge is -2.38. The minimum atomic E-state index is -0.554. The van der Waals surface area contributed by atoms with Gasteiger partial charge in [-0.1, -0.05) is 18.9 Å².